The molecule has 5 rings (SSSR count). The second-order valence-corrected chi connectivity index (χ2v) is 10.5. The van der Waals surface area contributed by atoms with E-state index in [-0.39, 0.29) is 41.8 Å². The smallest absolute Gasteiger partial charge is 0.266 e. The van der Waals surface area contributed by atoms with E-state index in [1.165, 1.54) is 29.6 Å². The van der Waals surface area contributed by atoms with Crippen LogP contribution >= 0.6 is 0 Å². The molecule has 1 N–H and O–H groups in total. The van der Waals surface area contributed by atoms with Crippen LogP contribution in [-0.4, -0.2) is 73.9 Å². The van der Waals surface area contributed by atoms with Gasteiger partial charge in [-0.15, -0.1) is 0 Å². The van der Waals surface area contributed by atoms with E-state index in [2.05, 4.69) is 25.0 Å². The van der Waals surface area contributed by atoms with Gasteiger partial charge in [-0.3, -0.25) is 4.79 Å². The van der Waals surface area contributed by atoms with Crippen LogP contribution in [0.5, 0.6) is 0 Å². The Hall–Kier alpha value is -3.93. The van der Waals surface area contributed by atoms with Crippen LogP contribution in [0.3, 0.4) is 0 Å². The monoisotopic (exact) mass is 553 g/mol. The number of anilines is 1. The zero-order valence-electron chi connectivity index (χ0n) is 22.8. The first kappa shape index (κ1) is 27.6. The Labute approximate surface area is 230 Å². The lowest BCUT2D eigenvalue weighted by Gasteiger charge is -2.31. The molecular formula is C28H33F2N7O3. The number of amides is 1. The van der Waals surface area contributed by atoms with Crippen molar-refractivity contribution in [3.05, 3.63) is 65.1 Å². The Morgan fingerprint density at radius 2 is 1.98 bits per heavy atom. The molecule has 1 aliphatic heterocycles. The minimum absolute atomic E-state index is 0.0207. The van der Waals surface area contributed by atoms with E-state index in [0.29, 0.717) is 54.8 Å². The van der Waals surface area contributed by atoms with Crippen LogP contribution in [0.2, 0.25) is 0 Å². The molecule has 1 aromatic carbocycles. The summed E-state index contributed by atoms with van der Waals surface area (Å²) >= 11 is 0. The topological polar surface area (TPSA) is 113 Å². The number of piperidine rings is 1. The second kappa shape index (κ2) is 11.7. The molecule has 0 atom stereocenters. The standard InChI is InChI=1S/C28H33F2N7O3/c1-17(2)26-33-28(34-40-26)36-10-7-20(8-11-36)37-15-22(30)24-23(31-16-32-25(24)37)14-18-5-6-19(13-21(18)29)27(39)35(3)9-4-12-38/h5-6,13,15-17,20,38H,4,7-12,14H2,1-3H3. The van der Waals surface area contributed by atoms with Crippen molar-refractivity contribution in [2.24, 2.45) is 0 Å². The lowest BCUT2D eigenvalue weighted by molar-refractivity contribution is 0.0786. The minimum Gasteiger partial charge on any atom is -0.396 e. The highest BCUT2D eigenvalue weighted by Gasteiger charge is 2.27. The number of carbonyl (C=O) groups excluding carboxylic acids is 1. The number of hydrogen-bond acceptors (Lipinski definition) is 8. The zero-order chi connectivity index (χ0) is 28.4. The summed E-state index contributed by atoms with van der Waals surface area (Å²) in [6.07, 6.45) is 4.80. The molecule has 0 aliphatic carbocycles. The predicted octanol–water partition coefficient (Wildman–Crippen LogP) is 4.10. The number of nitrogens with zero attached hydrogens (tertiary/aromatic N) is 7. The van der Waals surface area contributed by atoms with Gasteiger partial charge in [0.15, 0.2) is 5.82 Å². The van der Waals surface area contributed by atoms with E-state index in [1.54, 1.807) is 13.1 Å². The van der Waals surface area contributed by atoms with Gasteiger partial charge in [0.1, 0.15) is 17.8 Å². The number of hydrogen-bond donors (Lipinski definition) is 1. The van der Waals surface area contributed by atoms with Crippen molar-refractivity contribution >= 4 is 22.9 Å². The molecule has 12 heteroatoms. The highest BCUT2D eigenvalue weighted by Crippen LogP contribution is 2.32. The number of benzene rings is 1. The van der Waals surface area contributed by atoms with Gasteiger partial charge in [-0.25, -0.2) is 18.7 Å². The Morgan fingerprint density at radius 3 is 2.65 bits per heavy atom. The third-order valence-electron chi connectivity index (χ3n) is 7.36. The third kappa shape index (κ3) is 5.53. The summed E-state index contributed by atoms with van der Waals surface area (Å²) in [7, 11) is 1.60. The van der Waals surface area contributed by atoms with Crippen LogP contribution in [0, 0.1) is 11.6 Å². The summed E-state index contributed by atoms with van der Waals surface area (Å²) < 4.78 is 37.5. The van der Waals surface area contributed by atoms with Crippen molar-refractivity contribution in [2.45, 2.75) is 51.5 Å². The van der Waals surface area contributed by atoms with Crippen LogP contribution in [0.4, 0.5) is 14.7 Å². The molecule has 4 aromatic rings. The van der Waals surface area contributed by atoms with E-state index in [0.717, 1.165) is 12.8 Å². The quantitative estimate of drug-likeness (QED) is 0.330. The molecule has 1 fully saturated rings. The van der Waals surface area contributed by atoms with Crippen LogP contribution in [0.1, 0.15) is 72.6 Å². The number of aromatic nitrogens is 5. The normalized spacial score (nSPS) is 14.4. The molecule has 0 saturated carbocycles. The molecule has 40 heavy (non-hydrogen) atoms. The van der Waals surface area contributed by atoms with Gasteiger partial charge >= 0.3 is 0 Å². The third-order valence-corrected chi connectivity index (χ3v) is 7.36. The Kier molecular flexibility index (Phi) is 8.06. The summed E-state index contributed by atoms with van der Waals surface area (Å²) in [4.78, 5) is 29.2. The van der Waals surface area contributed by atoms with Gasteiger partial charge < -0.3 is 24.0 Å². The molecular weight excluding hydrogens is 520 g/mol. The zero-order valence-corrected chi connectivity index (χ0v) is 22.8. The summed E-state index contributed by atoms with van der Waals surface area (Å²) in [6.45, 7) is 5.70. The molecule has 1 saturated heterocycles. The maximum atomic E-state index is 15.3. The average Bonchev–Trinajstić information content (AvgIpc) is 3.58. The van der Waals surface area contributed by atoms with Gasteiger partial charge in [0.05, 0.1) is 11.1 Å². The largest absolute Gasteiger partial charge is 0.396 e. The SMILES string of the molecule is CC(C)c1nc(N2CCC(n3cc(F)c4c(Cc5ccc(C(=O)N(C)CCCO)cc5F)ncnc43)CC2)no1. The maximum absolute atomic E-state index is 15.3. The van der Waals surface area contributed by atoms with Gasteiger partial charge in [-0.05, 0) is 42.1 Å². The number of carbonyl (C=O) groups is 1. The van der Waals surface area contributed by atoms with Gasteiger partial charge in [-0.2, -0.15) is 4.98 Å². The minimum atomic E-state index is -0.567. The van der Waals surface area contributed by atoms with Crippen molar-refractivity contribution in [3.8, 4) is 0 Å². The Morgan fingerprint density at radius 1 is 1.20 bits per heavy atom. The van der Waals surface area contributed by atoms with Crippen molar-refractivity contribution in [3.63, 3.8) is 0 Å². The fourth-order valence-corrected chi connectivity index (χ4v) is 5.08. The number of aliphatic hydroxyl groups is 1. The number of fused-ring (bicyclic) bond motifs is 1. The number of halogens is 2. The van der Waals surface area contributed by atoms with Crippen molar-refractivity contribution in [1.29, 1.82) is 0 Å². The molecule has 1 amide bonds. The molecule has 0 bridgehead atoms. The predicted molar refractivity (Wildman–Crippen MR) is 144 cm³/mol. The lowest BCUT2D eigenvalue weighted by atomic mass is 10.0. The fourth-order valence-electron chi connectivity index (χ4n) is 5.08. The van der Waals surface area contributed by atoms with Crippen molar-refractivity contribution in [2.75, 3.05) is 38.2 Å². The second-order valence-electron chi connectivity index (χ2n) is 10.5. The first-order chi connectivity index (χ1) is 19.3. The van der Waals surface area contributed by atoms with Crippen LogP contribution in [0.15, 0.2) is 35.2 Å². The van der Waals surface area contributed by atoms with E-state index >= 15 is 8.78 Å². The lowest BCUT2D eigenvalue weighted by Crippen LogP contribution is -2.35. The molecule has 3 aromatic heterocycles. The molecule has 0 unspecified atom stereocenters. The summed E-state index contributed by atoms with van der Waals surface area (Å²) in [5, 5.41) is 13.4. The van der Waals surface area contributed by atoms with E-state index in [9.17, 15) is 4.79 Å². The average molecular weight is 554 g/mol. The van der Waals surface area contributed by atoms with Crippen LogP contribution in [0.25, 0.3) is 11.0 Å². The summed E-state index contributed by atoms with van der Waals surface area (Å²) in [5.74, 6) is -0.0326. The van der Waals surface area contributed by atoms with Crippen molar-refractivity contribution < 1.29 is 23.2 Å². The maximum Gasteiger partial charge on any atom is 0.266 e. The van der Waals surface area contributed by atoms with Crippen molar-refractivity contribution in [1.82, 2.24) is 29.6 Å². The number of rotatable bonds is 9. The van der Waals surface area contributed by atoms with Gasteiger partial charge in [0.25, 0.3) is 11.9 Å². The van der Waals surface area contributed by atoms with Crippen LogP contribution in [-0.2, 0) is 6.42 Å². The molecule has 0 radical (unpaired) electrons. The molecule has 212 valence electrons. The Bertz CT molecular complexity index is 1490. The van der Waals surface area contributed by atoms with Gasteiger partial charge in [-0.1, -0.05) is 19.9 Å². The van der Waals surface area contributed by atoms with Gasteiger partial charge in [0.2, 0.25) is 5.89 Å². The highest BCUT2D eigenvalue weighted by molar-refractivity contribution is 5.94. The fraction of sp³-hybridized carbons (Fsp3) is 0.464. The van der Waals surface area contributed by atoms with Crippen LogP contribution < -0.4 is 4.90 Å². The summed E-state index contributed by atoms with van der Waals surface area (Å²) in [5.41, 5.74) is 1.36. The van der Waals surface area contributed by atoms with E-state index < -0.39 is 11.6 Å². The Balaban J connectivity index is 1.32. The summed E-state index contributed by atoms with van der Waals surface area (Å²) in [6, 6.07) is 4.29. The van der Waals surface area contributed by atoms with Gasteiger partial charge in [0, 0.05) is 63.4 Å². The van der Waals surface area contributed by atoms with E-state index in [4.69, 9.17) is 9.63 Å². The molecule has 10 nitrogen and oxygen atoms in total. The molecule has 0 spiro atoms. The number of aliphatic hydroxyl groups excluding tert-OH is 1. The first-order valence-corrected chi connectivity index (χ1v) is 13.5. The van der Waals surface area contributed by atoms with E-state index in [1.807, 2.05) is 18.4 Å². The molecule has 1 aliphatic rings. The first-order valence-electron chi connectivity index (χ1n) is 13.5. The molecule has 4 heterocycles. The highest BCUT2D eigenvalue weighted by atomic mass is 19.1.